The average molecular weight is 503 g/mol. The Hall–Kier alpha value is -1.37. The van der Waals surface area contributed by atoms with Crippen LogP contribution in [0.2, 0.25) is 0 Å². The first-order valence-corrected chi connectivity index (χ1v) is 8.59. The van der Waals surface area contributed by atoms with Crippen molar-refractivity contribution < 1.29 is 17.7 Å². The third-order valence-electron chi connectivity index (χ3n) is 3.30. The van der Waals surface area contributed by atoms with Gasteiger partial charge in [-0.3, -0.25) is 4.99 Å². The molecule has 2 rings (SSSR count). The summed E-state index contributed by atoms with van der Waals surface area (Å²) < 4.78 is 42.7. The molecule has 11 heteroatoms. The zero-order chi connectivity index (χ0) is 18.4. The highest BCUT2D eigenvalue weighted by Gasteiger charge is 2.33. The molecule has 0 aliphatic rings. The molecular weight excluding hydrogens is 482 g/mol. The van der Waals surface area contributed by atoms with Gasteiger partial charge < -0.3 is 15.2 Å². The number of aromatic nitrogens is 2. The molecule has 2 aromatic rings. The molecule has 146 valence electrons. The molecular formula is C15H21F3IN5OS. The summed E-state index contributed by atoms with van der Waals surface area (Å²) in [6, 6.07) is 1.87. The largest absolute Gasteiger partial charge is 0.434 e. The molecule has 0 aliphatic carbocycles. The second-order valence-electron chi connectivity index (χ2n) is 5.60. The fourth-order valence-electron chi connectivity index (χ4n) is 1.92. The van der Waals surface area contributed by atoms with Crippen LogP contribution in [0, 0.1) is 0 Å². The molecule has 0 aromatic carbocycles. The van der Waals surface area contributed by atoms with Crippen LogP contribution >= 0.6 is 35.3 Å². The maximum atomic E-state index is 12.5. The molecule has 0 spiro atoms. The van der Waals surface area contributed by atoms with Crippen LogP contribution in [0.15, 0.2) is 21.0 Å². The number of guanidine groups is 1. The predicted octanol–water partition coefficient (Wildman–Crippen LogP) is 3.80. The van der Waals surface area contributed by atoms with E-state index in [1.165, 1.54) is 0 Å². The quantitative estimate of drug-likeness (QED) is 0.357. The topological polar surface area (TPSA) is 75.3 Å². The molecule has 0 atom stereocenters. The van der Waals surface area contributed by atoms with Crippen molar-refractivity contribution in [1.29, 1.82) is 0 Å². The van der Waals surface area contributed by atoms with Gasteiger partial charge in [0.1, 0.15) is 0 Å². The van der Waals surface area contributed by atoms with Crippen LogP contribution in [-0.2, 0) is 19.1 Å². The molecule has 26 heavy (non-hydrogen) atoms. The number of aliphatic imine (C=N–C) groups is 1. The summed E-state index contributed by atoms with van der Waals surface area (Å²) >= 11 is 0.997. The minimum Gasteiger partial charge on any atom is -0.359 e. The smallest absolute Gasteiger partial charge is 0.359 e. The minimum atomic E-state index is -4.40. The Labute approximate surface area is 170 Å². The number of hydrogen-bond acceptors (Lipinski definition) is 5. The van der Waals surface area contributed by atoms with Gasteiger partial charge in [0, 0.05) is 31.5 Å². The molecule has 6 nitrogen and oxygen atoms in total. The molecule has 2 heterocycles. The molecule has 0 amide bonds. The van der Waals surface area contributed by atoms with Crippen LogP contribution < -0.4 is 10.6 Å². The van der Waals surface area contributed by atoms with Gasteiger partial charge >= 0.3 is 6.18 Å². The number of hydrogen-bond donors (Lipinski definition) is 2. The van der Waals surface area contributed by atoms with Gasteiger partial charge in [-0.15, -0.1) is 35.3 Å². The molecule has 0 bridgehead atoms. The standard InChI is InChI=1S/C15H20F3N5OS.HI/c1-9(2)11-6-10(24-23-11)7-21-14(19-3)20-5-4-13-22-12(8-25-13)15(16,17)18;/h6,8-9H,4-5,7H2,1-3H3,(H2,19,20,21);1H. The summed E-state index contributed by atoms with van der Waals surface area (Å²) in [6.45, 7) is 4.88. The van der Waals surface area contributed by atoms with E-state index in [0.717, 1.165) is 22.4 Å². The van der Waals surface area contributed by atoms with Gasteiger partial charge in [0.25, 0.3) is 0 Å². The third kappa shape index (κ3) is 6.74. The van der Waals surface area contributed by atoms with Crippen LogP contribution in [0.1, 0.15) is 41.9 Å². The summed E-state index contributed by atoms with van der Waals surface area (Å²) in [5.74, 6) is 1.49. The first kappa shape index (κ1) is 22.7. The molecule has 2 aromatic heterocycles. The Morgan fingerprint density at radius 1 is 1.35 bits per heavy atom. The van der Waals surface area contributed by atoms with Crippen LogP contribution in [0.3, 0.4) is 0 Å². The second-order valence-corrected chi connectivity index (χ2v) is 6.54. The summed E-state index contributed by atoms with van der Waals surface area (Å²) in [5, 5.41) is 11.5. The molecule has 2 N–H and O–H groups in total. The Balaban J connectivity index is 0.00000338. The number of rotatable bonds is 6. The highest BCUT2D eigenvalue weighted by atomic mass is 127. The summed E-state index contributed by atoms with van der Waals surface area (Å²) in [4.78, 5) is 7.64. The fourth-order valence-corrected chi connectivity index (χ4v) is 2.72. The minimum absolute atomic E-state index is 0. The van der Waals surface area contributed by atoms with E-state index in [0.29, 0.717) is 36.2 Å². The van der Waals surface area contributed by atoms with Gasteiger partial charge in [0.15, 0.2) is 17.4 Å². The van der Waals surface area contributed by atoms with Gasteiger partial charge in [-0.05, 0) is 5.92 Å². The highest BCUT2D eigenvalue weighted by Crippen LogP contribution is 2.29. The van der Waals surface area contributed by atoms with Gasteiger partial charge in [0.05, 0.1) is 17.2 Å². The van der Waals surface area contributed by atoms with E-state index < -0.39 is 11.9 Å². The van der Waals surface area contributed by atoms with Crippen LogP contribution in [0.5, 0.6) is 0 Å². The van der Waals surface area contributed by atoms with Crippen molar-refractivity contribution in [1.82, 2.24) is 20.8 Å². The Morgan fingerprint density at radius 2 is 2.08 bits per heavy atom. The molecule has 0 unspecified atom stereocenters. The van der Waals surface area contributed by atoms with E-state index in [-0.39, 0.29) is 29.9 Å². The monoisotopic (exact) mass is 503 g/mol. The summed E-state index contributed by atoms with van der Waals surface area (Å²) in [6.07, 6.45) is -4.02. The summed E-state index contributed by atoms with van der Waals surface area (Å²) in [7, 11) is 1.61. The maximum absolute atomic E-state index is 12.5. The second kappa shape index (κ2) is 10.1. The van der Waals surface area contributed by atoms with E-state index >= 15 is 0 Å². The van der Waals surface area contributed by atoms with Crippen molar-refractivity contribution >= 4 is 41.3 Å². The lowest BCUT2D eigenvalue weighted by molar-refractivity contribution is -0.140. The van der Waals surface area contributed by atoms with Crippen molar-refractivity contribution in [2.45, 2.75) is 38.9 Å². The molecule has 0 aliphatic heterocycles. The zero-order valence-electron chi connectivity index (χ0n) is 14.6. The first-order chi connectivity index (χ1) is 11.8. The van der Waals surface area contributed by atoms with E-state index in [1.54, 1.807) is 7.05 Å². The van der Waals surface area contributed by atoms with Crippen molar-refractivity contribution in [2.75, 3.05) is 13.6 Å². The summed E-state index contributed by atoms with van der Waals surface area (Å²) in [5.41, 5.74) is 0.0327. The van der Waals surface area contributed by atoms with Crippen molar-refractivity contribution in [3.05, 3.63) is 33.6 Å². The lowest BCUT2D eigenvalue weighted by atomic mass is 10.1. The number of halogens is 4. The SMILES string of the molecule is CN=C(NCCc1nc(C(F)(F)F)cs1)NCc1cc(C(C)C)no1.I. The van der Waals surface area contributed by atoms with Gasteiger partial charge in [-0.25, -0.2) is 4.98 Å². The number of thiazole rings is 1. The normalized spacial score (nSPS) is 12.2. The number of nitrogens with one attached hydrogen (secondary N) is 2. The van der Waals surface area contributed by atoms with E-state index in [1.807, 2.05) is 19.9 Å². The fraction of sp³-hybridized carbons (Fsp3) is 0.533. The van der Waals surface area contributed by atoms with Crippen molar-refractivity contribution in [2.24, 2.45) is 4.99 Å². The predicted molar refractivity (Wildman–Crippen MR) is 105 cm³/mol. The van der Waals surface area contributed by atoms with E-state index in [9.17, 15) is 13.2 Å². The molecule has 0 fully saturated rings. The van der Waals surface area contributed by atoms with Crippen LogP contribution in [0.25, 0.3) is 0 Å². The first-order valence-electron chi connectivity index (χ1n) is 7.71. The van der Waals surface area contributed by atoms with Crippen molar-refractivity contribution in [3.63, 3.8) is 0 Å². The zero-order valence-corrected chi connectivity index (χ0v) is 17.7. The van der Waals surface area contributed by atoms with Gasteiger partial charge in [0.2, 0.25) is 0 Å². The van der Waals surface area contributed by atoms with E-state index in [2.05, 4.69) is 25.8 Å². The lowest BCUT2D eigenvalue weighted by Gasteiger charge is -2.09. The molecule has 0 saturated carbocycles. The maximum Gasteiger partial charge on any atom is 0.434 e. The number of alkyl halides is 3. The molecule has 0 radical (unpaired) electrons. The van der Waals surface area contributed by atoms with Crippen LogP contribution in [-0.4, -0.2) is 29.7 Å². The highest BCUT2D eigenvalue weighted by molar-refractivity contribution is 14.0. The van der Waals surface area contributed by atoms with Crippen molar-refractivity contribution in [3.8, 4) is 0 Å². The Bertz CT molecular complexity index is 714. The van der Waals surface area contributed by atoms with Gasteiger partial charge in [-0.2, -0.15) is 13.2 Å². The molecule has 0 saturated heterocycles. The van der Waals surface area contributed by atoms with Gasteiger partial charge in [-0.1, -0.05) is 19.0 Å². The third-order valence-corrected chi connectivity index (χ3v) is 4.20. The van der Waals surface area contributed by atoms with Crippen LogP contribution in [0.4, 0.5) is 13.2 Å². The number of nitrogens with zero attached hydrogens (tertiary/aromatic N) is 3. The average Bonchev–Trinajstić information content (AvgIpc) is 3.19. The Morgan fingerprint density at radius 3 is 2.62 bits per heavy atom. The Kier molecular flexibility index (Phi) is 8.80. The van der Waals surface area contributed by atoms with E-state index in [4.69, 9.17) is 4.52 Å². The lowest BCUT2D eigenvalue weighted by Crippen LogP contribution is -2.37.